The molecule has 0 saturated carbocycles. The molecule has 0 fully saturated rings. The largest absolute Gasteiger partial charge is 0.372 e. The molecule has 0 aliphatic rings. The van der Waals surface area contributed by atoms with Crippen molar-refractivity contribution in [1.29, 1.82) is 0 Å². The van der Waals surface area contributed by atoms with Crippen LogP contribution in [0.15, 0.2) is 53.8 Å². The molecule has 0 unspecified atom stereocenters. The highest BCUT2D eigenvalue weighted by Crippen LogP contribution is 2.20. The summed E-state index contributed by atoms with van der Waals surface area (Å²) in [5, 5.41) is 8.58. The van der Waals surface area contributed by atoms with Gasteiger partial charge in [-0.1, -0.05) is 12.2 Å². The van der Waals surface area contributed by atoms with Crippen molar-refractivity contribution in [3.63, 3.8) is 0 Å². The number of rotatable bonds is 9. The highest BCUT2D eigenvalue weighted by Gasteiger charge is 2.03. The van der Waals surface area contributed by atoms with Crippen LogP contribution in [0.5, 0.6) is 0 Å². The van der Waals surface area contributed by atoms with Gasteiger partial charge in [0.2, 0.25) is 0 Å². The third-order valence-corrected chi connectivity index (χ3v) is 3.64. The highest BCUT2D eigenvalue weighted by atomic mass is 15.4. The number of benzene rings is 1. The summed E-state index contributed by atoms with van der Waals surface area (Å²) < 4.78 is 0. The van der Waals surface area contributed by atoms with Crippen molar-refractivity contribution < 1.29 is 5.32 Å². The van der Waals surface area contributed by atoms with Crippen LogP contribution in [0.1, 0.15) is 27.2 Å². The van der Waals surface area contributed by atoms with Gasteiger partial charge in [0.05, 0.1) is 18.9 Å². The summed E-state index contributed by atoms with van der Waals surface area (Å²) in [6, 6.07) is 8.57. The molecule has 0 bridgehead atoms. The third kappa shape index (κ3) is 6.70. The lowest BCUT2D eigenvalue weighted by Gasteiger charge is -2.22. The Balaban J connectivity index is 2.66. The van der Waals surface area contributed by atoms with Gasteiger partial charge in [0.1, 0.15) is 0 Å². The van der Waals surface area contributed by atoms with E-state index in [0.29, 0.717) is 0 Å². The Kier molecular flexibility index (Phi) is 8.76. The van der Waals surface area contributed by atoms with Crippen LogP contribution < -0.4 is 15.2 Å². The van der Waals surface area contributed by atoms with Crippen molar-refractivity contribution in [3.8, 4) is 0 Å². The fourth-order valence-corrected chi connectivity index (χ4v) is 2.31. The average molecular weight is 315 g/mol. The molecule has 0 aliphatic heterocycles. The molecule has 0 atom stereocenters. The molecule has 0 heterocycles. The monoisotopic (exact) mass is 315 g/mol. The number of hydrogen-bond donors (Lipinski definition) is 1. The van der Waals surface area contributed by atoms with Crippen molar-refractivity contribution in [1.82, 2.24) is 0 Å². The lowest BCUT2D eigenvalue weighted by atomic mass is 10.2. The van der Waals surface area contributed by atoms with Crippen molar-refractivity contribution >= 4 is 17.1 Å². The Morgan fingerprint density at radius 3 is 2.26 bits per heavy atom. The van der Waals surface area contributed by atoms with E-state index in [4.69, 9.17) is 0 Å². The fraction of sp³-hybridized carbons (Fsp3) is 0.421. The second-order valence-electron chi connectivity index (χ2n) is 5.40. The van der Waals surface area contributed by atoms with E-state index in [9.17, 15) is 0 Å². The molecule has 2 N–H and O–H groups in total. The number of quaternary nitrogens is 1. The number of nitrogens with two attached hydrogens (primary N) is 1. The lowest BCUT2D eigenvalue weighted by Crippen LogP contribution is -2.72. The van der Waals surface area contributed by atoms with E-state index >= 15 is 0 Å². The Morgan fingerprint density at radius 2 is 1.70 bits per heavy atom. The second-order valence-corrected chi connectivity index (χ2v) is 5.40. The lowest BCUT2D eigenvalue weighted by molar-refractivity contribution is -0.556. The topological polar surface area (TPSA) is 35.5 Å². The van der Waals surface area contributed by atoms with Gasteiger partial charge in [-0.2, -0.15) is 5.10 Å². The zero-order valence-corrected chi connectivity index (χ0v) is 15.2. The van der Waals surface area contributed by atoms with E-state index in [-0.39, 0.29) is 0 Å². The Morgan fingerprint density at radius 1 is 1.09 bits per heavy atom. The molecule has 0 radical (unpaired) electrons. The Labute approximate surface area is 141 Å². The summed E-state index contributed by atoms with van der Waals surface area (Å²) in [5.74, 6) is 0. The minimum absolute atomic E-state index is 0.857. The summed E-state index contributed by atoms with van der Waals surface area (Å²) in [6.07, 6.45) is 9.08. The molecular formula is C19H31N4+. The Bertz CT molecular complexity index is 525. The minimum atomic E-state index is 0.857. The maximum absolute atomic E-state index is 4.63. The second kappa shape index (κ2) is 10.6. The summed E-state index contributed by atoms with van der Waals surface area (Å²) in [7, 11) is 4.00. The summed E-state index contributed by atoms with van der Waals surface area (Å²) >= 11 is 0. The molecule has 0 saturated heterocycles. The molecular weight excluding hydrogens is 284 g/mol. The average Bonchev–Trinajstić information content (AvgIpc) is 2.56. The van der Waals surface area contributed by atoms with Crippen LogP contribution in [0.2, 0.25) is 0 Å². The number of hydrazone groups is 1. The third-order valence-electron chi connectivity index (χ3n) is 3.64. The normalized spacial score (nSPS) is 12.3. The smallest absolute Gasteiger partial charge is 0.0923 e. The first kappa shape index (κ1) is 19.0. The quantitative estimate of drug-likeness (QED) is 0.432. The van der Waals surface area contributed by atoms with Crippen LogP contribution in [-0.2, 0) is 0 Å². The molecule has 0 spiro atoms. The van der Waals surface area contributed by atoms with Gasteiger partial charge < -0.3 is 10.2 Å². The molecule has 4 nitrogen and oxygen atoms in total. The van der Waals surface area contributed by atoms with Crippen LogP contribution in [0.3, 0.4) is 0 Å². The first-order chi connectivity index (χ1) is 11.1. The van der Waals surface area contributed by atoms with Crippen molar-refractivity contribution in [2.24, 2.45) is 5.10 Å². The van der Waals surface area contributed by atoms with Crippen LogP contribution in [0, 0.1) is 0 Å². The summed E-state index contributed by atoms with van der Waals surface area (Å²) in [5.41, 5.74) is 3.45. The Hall–Kier alpha value is -2.07. The molecule has 4 heteroatoms. The summed E-state index contributed by atoms with van der Waals surface area (Å²) in [6.45, 7) is 8.47. The fourth-order valence-electron chi connectivity index (χ4n) is 2.31. The van der Waals surface area contributed by atoms with Crippen molar-refractivity contribution in [3.05, 3.63) is 48.7 Å². The van der Waals surface area contributed by atoms with E-state index < -0.39 is 0 Å². The van der Waals surface area contributed by atoms with Gasteiger partial charge in [0.15, 0.2) is 0 Å². The van der Waals surface area contributed by atoms with E-state index in [1.165, 1.54) is 5.69 Å². The van der Waals surface area contributed by atoms with Crippen LogP contribution in [0.25, 0.3) is 0 Å². The van der Waals surface area contributed by atoms with Gasteiger partial charge in [-0.25, -0.2) is 0 Å². The first-order valence-electron chi connectivity index (χ1n) is 8.36. The predicted octanol–water partition coefficient (Wildman–Crippen LogP) is 3.00. The number of anilines is 2. The minimum Gasteiger partial charge on any atom is -0.372 e. The van der Waals surface area contributed by atoms with Gasteiger partial charge >= 0.3 is 0 Å². The van der Waals surface area contributed by atoms with E-state index in [1.54, 1.807) is 0 Å². The first-order valence-corrected chi connectivity index (χ1v) is 8.36. The molecule has 0 aliphatic carbocycles. The van der Waals surface area contributed by atoms with Crippen molar-refractivity contribution in [2.45, 2.75) is 27.2 Å². The van der Waals surface area contributed by atoms with Gasteiger partial charge in [0.25, 0.3) is 0 Å². The molecule has 1 rings (SSSR count). The summed E-state index contributed by atoms with van der Waals surface area (Å²) in [4.78, 5) is 2.34. The molecule has 0 amide bonds. The highest BCUT2D eigenvalue weighted by molar-refractivity contribution is 5.84. The molecule has 126 valence electrons. The molecule has 1 aromatic carbocycles. The molecule has 0 aromatic heterocycles. The standard InChI is InChI=1S/C19H30N4/c1-6-23(7-2)19-14-12-18(13-15-19)22(5)21-17(3)11-9-8-10-16-20-4/h8-10,12-16,20H,6-7,11H2,1-5H3/p+1/b9-8-,16-10-,21-17+. The molecule has 1 aromatic rings. The SMILES string of the molecule is CCN(CC)c1ccc(N(C)/N=C(\C)C/C=C\C=C/[NH2+]C)cc1. The molecule has 23 heavy (non-hydrogen) atoms. The van der Waals surface area contributed by atoms with Crippen molar-refractivity contribution in [2.75, 3.05) is 37.1 Å². The van der Waals surface area contributed by atoms with E-state index in [0.717, 1.165) is 30.9 Å². The number of allylic oxidation sites excluding steroid dienone is 3. The maximum atomic E-state index is 4.63. The zero-order chi connectivity index (χ0) is 17.1. The van der Waals surface area contributed by atoms with Gasteiger partial charge in [-0.15, -0.1) is 0 Å². The number of nitrogens with zero attached hydrogens (tertiary/aromatic N) is 3. The van der Waals surface area contributed by atoms with Crippen LogP contribution in [-0.4, -0.2) is 32.9 Å². The predicted molar refractivity (Wildman–Crippen MR) is 102 cm³/mol. The number of hydrogen-bond acceptors (Lipinski definition) is 3. The maximum Gasteiger partial charge on any atom is 0.0923 e. The van der Waals surface area contributed by atoms with Crippen LogP contribution >= 0.6 is 0 Å². The van der Waals surface area contributed by atoms with Gasteiger partial charge in [-0.05, 0) is 51.1 Å². The zero-order valence-electron chi connectivity index (χ0n) is 15.2. The van der Waals surface area contributed by atoms with E-state index in [1.807, 2.05) is 36.7 Å². The van der Waals surface area contributed by atoms with Gasteiger partial charge in [-0.3, -0.25) is 5.01 Å². The van der Waals surface area contributed by atoms with Gasteiger partial charge in [0, 0.05) is 38.0 Å². The van der Waals surface area contributed by atoms with E-state index in [2.05, 4.69) is 67.2 Å². The van der Waals surface area contributed by atoms with Crippen LogP contribution in [0.4, 0.5) is 11.4 Å².